The van der Waals surface area contributed by atoms with Crippen molar-refractivity contribution in [3.8, 4) is 0 Å². The number of likely N-dealkylation sites (N-methyl/N-ethyl adjacent to an activating group) is 1. The van der Waals surface area contributed by atoms with Gasteiger partial charge in [-0.2, -0.15) is 0 Å². The lowest BCUT2D eigenvalue weighted by Gasteiger charge is -2.22. The van der Waals surface area contributed by atoms with E-state index < -0.39 is 0 Å². The van der Waals surface area contributed by atoms with Crippen LogP contribution in [0.2, 0.25) is 5.02 Å². The van der Waals surface area contributed by atoms with Crippen molar-refractivity contribution in [1.82, 2.24) is 5.32 Å². The second-order valence-corrected chi connectivity index (χ2v) is 5.40. The van der Waals surface area contributed by atoms with Gasteiger partial charge in [-0.05, 0) is 43.0 Å². The number of nitrogens with one attached hydrogen (secondary N) is 1. The third kappa shape index (κ3) is 5.89. The Kier molecular flexibility index (Phi) is 7.36. The van der Waals surface area contributed by atoms with E-state index in [1.54, 1.807) is 13.2 Å². The van der Waals surface area contributed by atoms with Crippen LogP contribution in [0.25, 0.3) is 0 Å². The molecule has 0 radical (unpaired) electrons. The van der Waals surface area contributed by atoms with Crippen molar-refractivity contribution < 1.29 is 9.13 Å². The molecular weight excluding hydrogens is 265 g/mol. The Bertz CT molecular complexity index is 386. The Morgan fingerprint density at radius 1 is 1.42 bits per heavy atom. The zero-order chi connectivity index (χ0) is 14.3. The molecular formula is C15H23ClFNO. The Balaban J connectivity index is 2.66. The van der Waals surface area contributed by atoms with E-state index in [4.69, 9.17) is 16.3 Å². The number of benzene rings is 1. The molecule has 1 aromatic carbocycles. The van der Waals surface area contributed by atoms with Crippen LogP contribution in [0.3, 0.4) is 0 Å². The molecule has 0 saturated carbocycles. The van der Waals surface area contributed by atoms with E-state index in [-0.39, 0.29) is 5.82 Å². The molecule has 2 unspecified atom stereocenters. The number of ether oxygens (including phenoxy) is 1. The van der Waals surface area contributed by atoms with E-state index in [0.29, 0.717) is 17.0 Å². The molecule has 1 N–H and O–H groups in total. The molecule has 2 atom stereocenters. The lowest BCUT2D eigenvalue weighted by Crippen LogP contribution is -2.33. The van der Waals surface area contributed by atoms with Crippen molar-refractivity contribution in [2.24, 2.45) is 5.92 Å². The summed E-state index contributed by atoms with van der Waals surface area (Å²) in [5.74, 6) is 0.190. The van der Waals surface area contributed by atoms with E-state index in [2.05, 4.69) is 19.2 Å². The first kappa shape index (κ1) is 16.4. The van der Waals surface area contributed by atoms with Gasteiger partial charge in [-0.3, -0.25) is 0 Å². The summed E-state index contributed by atoms with van der Waals surface area (Å²) in [4.78, 5) is 0. The van der Waals surface area contributed by atoms with Crippen LogP contribution >= 0.6 is 11.6 Å². The number of hydrogen-bond acceptors (Lipinski definition) is 2. The van der Waals surface area contributed by atoms with Crippen LogP contribution < -0.4 is 5.32 Å². The summed E-state index contributed by atoms with van der Waals surface area (Å²) in [5, 5.41) is 3.96. The molecule has 0 saturated heterocycles. The van der Waals surface area contributed by atoms with Gasteiger partial charge in [0, 0.05) is 24.8 Å². The molecule has 0 heterocycles. The first-order valence-corrected chi connectivity index (χ1v) is 7.10. The van der Waals surface area contributed by atoms with E-state index in [1.807, 2.05) is 0 Å². The van der Waals surface area contributed by atoms with Gasteiger partial charge < -0.3 is 10.1 Å². The molecule has 0 amide bonds. The fourth-order valence-electron chi connectivity index (χ4n) is 2.32. The summed E-state index contributed by atoms with van der Waals surface area (Å²) >= 11 is 6.08. The van der Waals surface area contributed by atoms with Crippen LogP contribution in [-0.2, 0) is 11.2 Å². The second kappa shape index (κ2) is 8.51. The van der Waals surface area contributed by atoms with E-state index in [0.717, 1.165) is 31.6 Å². The monoisotopic (exact) mass is 287 g/mol. The van der Waals surface area contributed by atoms with Gasteiger partial charge in [-0.15, -0.1) is 0 Å². The Labute approximate surface area is 120 Å². The van der Waals surface area contributed by atoms with Crippen LogP contribution in [0.15, 0.2) is 18.2 Å². The van der Waals surface area contributed by atoms with E-state index in [1.165, 1.54) is 12.1 Å². The van der Waals surface area contributed by atoms with Crippen molar-refractivity contribution >= 4 is 11.6 Å². The Morgan fingerprint density at radius 3 is 2.74 bits per heavy atom. The molecule has 0 fully saturated rings. The van der Waals surface area contributed by atoms with Gasteiger partial charge in [-0.1, -0.05) is 31.5 Å². The fourth-order valence-corrected chi connectivity index (χ4v) is 2.56. The van der Waals surface area contributed by atoms with Crippen LogP contribution in [0.1, 0.15) is 25.8 Å². The number of rotatable bonds is 8. The highest BCUT2D eigenvalue weighted by atomic mass is 35.5. The molecule has 0 aliphatic rings. The molecule has 0 bridgehead atoms. The molecule has 0 aliphatic heterocycles. The van der Waals surface area contributed by atoms with Gasteiger partial charge in [0.2, 0.25) is 0 Å². The maximum atomic E-state index is 13.0. The van der Waals surface area contributed by atoms with Crippen molar-refractivity contribution in [3.63, 3.8) is 0 Å². The van der Waals surface area contributed by atoms with Crippen molar-refractivity contribution in [2.75, 3.05) is 20.3 Å². The third-order valence-electron chi connectivity index (χ3n) is 3.11. The largest absolute Gasteiger partial charge is 0.384 e. The standard InChI is InChI=1S/C15H23ClFNO/c1-4-18-14(7-11(2)10-19-3)8-12-5-6-13(17)9-15(12)16/h5-6,9,11,14,18H,4,7-8,10H2,1-3H3. The normalized spacial score (nSPS) is 14.4. The summed E-state index contributed by atoms with van der Waals surface area (Å²) in [6.45, 7) is 5.91. The first-order valence-electron chi connectivity index (χ1n) is 6.73. The summed E-state index contributed by atoms with van der Waals surface area (Å²) < 4.78 is 18.2. The molecule has 0 spiro atoms. The van der Waals surface area contributed by atoms with E-state index in [9.17, 15) is 4.39 Å². The smallest absolute Gasteiger partial charge is 0.124 e. The highest BCUT2D eigenvalue weighted by molar-refractivity contribution is 6.31. The number of halogens is 2. The predicted molar refractivity (Wildman–Crippen MR) is 78.2 cm³/mol. The second-order valence-electron chi connectivity index (χ2n) is 4.99. The van der Waals surface area contributed by atoms with Crippen LogP contribution in [0.4, 0.5) is 4.39 Å². The van der Waals surface area contributed by atoms with Crippen LogP contribution in [0.5, 0.6) is 0 Å². The van der Waals surface area contributed by atoms with Gasteiger partial charge in [0.1, 0.15) is 5.82 Å². The predicted octanol–water partition coefficient (Wildman–Crippen LogP) is 3.67. The van der Waals surface area contributed by atoms with Crippen molar-refractivity contribution in [2.45, 2.75) is 32.7 Å². The van der Waals surface area contributed by atoms with Gasteiger partial charge >= 0.3 is 0 Å². The maximum Gasteiger partial charge on any atom is 0.124 e. The average molecular weight is 288 g/mol. The Morgan fingerprint density at radius 2 is 2.16 bits per heavy atom. The summed E-state index contributed by atoms with van der Waals surface area (Å²) in [5.41, 5.74) is 0.985. The van der Waals surface area contributed by atoms with Gasteiger partial charge in [0.25, 0.3) is 0 Å². The minimum atomic E-state index is -0.290. The minimum Gasteiger partial charge on any atom is -0.384 e. The summed E-state index contributed by atoms with van der Waals surface area (Å²) in [7, 11) is 1.72. The van der Waals surface area contributed by atoms with Gasteiger partial charge in [0.15, 0.2) is 0 Å². The van der Waals surface area contributed by atoms with Crippen molar-refractivity contribution in [1.29, 1.82) is 0 Å². The lowest BCUT2D eigenvalue weighted by atomic mass is 9.96. The summed E-state index contributed by atoms with van der Waals surface area (Å²) in [6, 6.07) is 4.93. The highest BCUT2D eigenvalue weighted by Gasteiger charge is 2.14. The quantitative estimate of drug-likeness (QED) is 0.788. The zero-order valence-corrected chi connectivity index (χ0v) is 12.6. The SMILES string of the molecule is CCNC(Cc1ccc(F)cc1Cl)CC(C)COC. The molecule has 19 heavy (non-hydrogen) atoms. The molecule has 1 rings (SSSR count). The third-order valence-corrected chi connectivity index (χ3v) is 3.46. The molecule has 0 aliphatic carbocycles. The summed E-state index contributed by atoms with van der Waals surface area (Å²) in [6.07, 6.45) is 1.82. The van der Waals surface area contributed by atoms with Crippen molar-refractivity contribution in [3.05, 3.63) is 34.6 Å². The lowest BCUT2D eigenvalue weighted by molar-refractivity contribution is 0.149. The van der Waals surface area contributed by atoms with Gasteiger partial charge in [0.05, 0.1) is 0 Å². The van der Waals surface area contributed by atoms with Crippen LogP contribution in [-0.4, -0.2) is 26.3 Å². The molecule has 1 aromatic rings. The number of hydrogen-bond donors (Lipinski definition) is 1. The highest BCUT2D eigenvalue weighted by Crippen LogP contribution is 2.20. The molecule has 108 valence electrons. The zero-order valence-electron chi connectivity index (χ0n) is 11.9. The fraction of sp³-hybridized carbons (Fsp3) is 0.600. The maximum absolute atomic E-state index is 13.0. The van der Waals surface area contributed by atoms with Crippen LogP contribution in [0, 0.1) is 11.7 Å². The average Bonchev–Trinajstić information content (AvgIpc) is 2.33. The van der Waals surface area contributed by atoms with Gasteiger partial charge in [-0.25, -0.2) is 4.39 Å². The molecule has 2 nitrogen and oxygen atoms in total. The molecule has 0 aromatic heterocycles. The van der Waals surface area contributed by atoms with E-state index >= 15 is 0 Å². The first-order chi connectivity index (χ1) is 9.06. The topological polar surface area (TPSA) is 21.3 Å². The molecule has 4 heteroatoms. The Hall–Kier alpha value is -0.640. The number of methoxy groups -OCH3 is 1. The minimum absolute atomic E-state index is 0.290.